The van der Waals surface area contributed by atoms with E-state index in [0.29, 0.717) is 40.7 Å². The topological polar surface area (TPSA) is 59.6 Å². The lowest BCUT2D eigenvalue weighted by Crippen LogP contribution is -2.50. The van der Waals surface area contributed by atoms with Gasteiger partial charge in [-0.1, -0.05) is 35.7 Å². The molecule has 2 fully saturated rings. The number of halogens is 2. The molecule has 36 heavy (non-hydrogen) atoms. The fourth-order valence-electron chi connectivity index (χ4n) is 4.69. The molecule has 0 aliphatic carbocycles. The molecule has 2 aromatic rings. The summed E-state index contributed by atoms with van der Waals surface area (Å²) >= 11 is 12.2. The summed E-state index contributed by atoms with van der Waals surface area (Å²) in [6, 6.07) is 14.0. The highest BCUT2D eigenvalue weighted by Gasteiger charge is 2.23. The predicted molar refractivity (Wildman–Crippen MR) is 150 cm³/mol. The summed E-state index contributed by atoms with van der Waals surface area (Å²) in [5.74, 6) is 1.05. The van der Waals surface area contributed by atoms with Crippen LogP contribution >= 0.6 is 23.2 Å². The molecule has 0 saturated carbocycles. The van der Waals surface area contributed by atoms with Crippen molar-refractivity contribution >= 4 is 34.8 Å². The van der Waals surface area contributed by atoms with E-state index in [2.05, 4.69) is 45.8 Å². The summed E-state index contributed by atoms with van der Waals surface area (Å²) in [6.07, 6.45) is 6.66. The Morgan fingerprint density at radius 1 is 1.14 bits per heavy atom. The number of hydrogen-bond donors (Lipinski definition) is 3. The van der Waals surface area contributed by atoms with Crippen LogP contribution < -0.4 is 16.0 Å². The van der Waals surface area contributed by atoms with E-state index < -0.39 is 0 Å². The number of carbonyl (C=O) groups is 1. The number of nitrogens with zero attached hydrogens (tertiary/aromatic N) is 2. The molecule has 0 spiro atoms. The second-order valence-corrected chi connectivity index (χ2v) is 10.7. The van der Waals surface area contributed by atoms with Crippen LogP contribution in [0.1, 0.15) is 42.1 Å². The Kier molecular flexibility index (Phi) is 9.54. The molecule has 2 heterocycles. The molecule has 2 atom stereocenters. The molecule has 0 radical (unpaired) electrons. The normalized spacial score (nSPS) is 21.3. The van der Waals surface area contributed by atoms with Crippen molar-refractivity contribution in [3.63, 3.8) is 0 Å². The quantitative estimate of drug-likeness (QED) is 0.449. The maximum absolute atomic E-state index is 12.7. The van der Waals surface area contributed by atoms with Crippen LogP contribution in [0, 0.1) is 0 Å². The summed E-state index contributed by atoms with van der Waals surface area (Å²) < 4.78 is 0. The Bertz CT molecular complexity index is 1050. The number of benzene rings is 2. The standard InChI is InChI=1S/C28H37Cl2N5O/c1-20-19-35(16-15-34(20)2)27(18-25-5-3-4-13-31-25)33-24-10-7-22(8-11-24)28(36)32-14-12-21-6-9-23(29)17-26(21)30/h6-11,17-18,20,25,31,33H,3-5,12-16,19H2,1-2H3,(H,32,36)/t20-,25?/m0/s1. The first kappa shape index (κ1) is 26.8. The van der Waals surface area contributed by atoms with E-state index >= 15 is 0 Å². The minimum Gasteiger partial charge on any atom is -0.356 e. The number of hydrogen-bond acceptors (Lipinski definition) is 5. The van der Waals surface area contributed by atoms with Crippen molar-refractivity contribution in [1.29, 1.82) is 0 Å². The van der Waals surface area contributed by atoms with E-state index in [1.807, 2.05) is 36.4 Å². The van der Waals surface area contributed by atoms with Gasteiger partial charge >= 0.3 is 0 Å². The lowest BCUT2D eigenvalue weighted by Gasteiger charge is -2.40. The van der Waals surface area contributed by atoms with Gasteiger partial charge in [0.1, 0.15) is 5.82 Å². The highest BCUT2D eigenvalue weighted by Crippen LogP contribution is 2.22. The maximum atomic E-state index is 12.7. The largest absolute Gasteiger partial charge is 0.356 e. The van der Waals surface area contributed by atoms with Crippen LogP contribution in [0.3, 0.4) is 0 Å². The second kappa shape index (κ2) is 12.8. The van der Waals surface area contributed by atoms with Crippen LogP contribution in [-0.4, -0.2) is 67.6 Å². The van der Waals surface area contributed by atoms with Gasteiger partial charge in [-0.05, 0) is 87.8 Å². The fourth-order valence-corrected chi connectivity index (χ4v) is 5.20. The lowest BCUT2D eigenvalue weighted by atomic mass is 10.0. The van der Waals surface area contributed by atoms with Crippen LogP contribution in [0.5, 0.6) is 0 Å². The number of rotatable bonds is 8. The van der Waals surface area contributed by atoms with Crippen molar-refractivity contribution in [2.24, 2.45) is 0 Å². The summed E-state index contributed by atoms with van der Waals surface area (Å²) in [7, 11) is 2.19. The molecule has 0 bridgehead atoms. The molecule has 1 amide bonds. The zero-order valence-corrected chi connectivity index (χ0v) is 22.7. The number of anilines is 1. The van der Waals surface area contributed by atoms with Gasteiger partial charge in [0.05, 0.1) is 0 Å². The Morgan fingerprint density at radius 3 is 2.64 bits per heavy atom. The average molecular weight is 531 g/mol. The van der Waals surface area contributed by atoms with Crippen LogP contribution in [0.15, 0.2) is 54.4 Å². The minimum atomic E-state index is -0.0956. The SMILES string of the molecule is C[C@H]1CN(C(=CC2CCCCN2)Nc2ccc(C(=O)NCCc3ccc(Cl)cc3Cl)cc2)CCN1C. The number of carbonyl (C=O) groups excluding carboxylic acids is 1. The van der Waals surface area contributed by atoms with Gasteiger partial charge in [0.2, 0.25) is 0 Å². The van der Waals surface area contributed by atoms with Crippen LogP contribution in [0.4, 0.5) is 5.69 Å². The van der Waals surface area contributed by atoms with Gasteiger partial charge in [-0.3, -0.25) is 4.79 Å². The summed E-state index contributed by atoms with van der Waals surface area (Å²) in [5.41, 5.74) is 2.58. The average Bonchev–Trinajstić information content (AvgIpc) is 2.87. The number of nitrogens with one attached hydrogen (secondary N) is 3. The second-order valence-electron chi connectivity index (χ2n) is 9.83. The molecule has 1 unspecified atom stereocenters. The van der Waals surface area contributed by atoms with Gasteiger partial charge in [-0.2, -0.15) is 0 Å². The third kappa shape index (κ3) is 7.39. The highest BCUT2D eigenvalue weighted by molar-refractivity contribution is 6.35. The maximum Gasteiger partial charge on any atom is 0.251 e. The first-order valence-electron chi connectivity index (χ1n) is 12.9. The molecule has 0 aromatic heterocycles. The van der Waals surface area contributed by atoms with Gasteiger partial charge in [-0.15, -0.1) is 0 Å². The smallest absolute Gasteiger partial charge is 0.251 e. The Hall–Kier alpha value is -2.25. The highest BCUT2D eigenvalue weighted by atomic mass is 35.5. The fraction of sp³-hybridized carbons (Fsp3) is 0.464. The Balaban J connectivity index is 1.37. The number of amides is 1. The van der Waals surface area contributed by atoms with Gasteiger partial charge in [0, 0.05) is 59.6 Å². The van der Waals surface area contributed by atoms with E-state index in [9.17, 15) is 4.79 Å². The first-order valence-corrected chi connectivity index (χ1v) is 13.6. The van der Waals surface area contributed by atoms with Crippen molar-refractivity contribution < 1.29 is 4.79 Å². The zero-order valence-electron chi connectivity index (χ0n) is 21.2. The summed E-state index contributed by atoms with van der Waals surface area (Å²) in [4.78, 5) is 17.5. The molecule has 194 valence electrons. The van der Waals surface area contributed by atoms with Gasteiger partial charge in [0.25, 0.3) is 5.91 Å². The van der Waals surface area contributed by atoms with E-state index in [1.165, 1.54) is 12.8 Å². The molecule has 2 aliphatic heterocycles. The van der Waals surface area contributed by atoms with Gasteiger partial charge in [-0.25, -0.2) is 0 Å². The Morgan fingerprint density at radius 2 is 1.94 bits per heavy atom. The third-order valence-electron chi connectivity index (χ3n) is 7.12. The van der Waals surface area contributed by atoms with E-state index in [1.54, 1.807) is 6.07 Å². The summed E-state index contributed by atoms with van der Waals surface area (Å²) in [6.45, 7) is 6.87. The monoisotopic (exact) mass is 529 g/mol. The van der Waals surface area contributed by atoms with Crippen molar-refractivity contribution in [3.8, 4) is 0 Å². The van der Waals surface area contributed by atoms with Crippen molar-refractivity contribution in [2.45, 2.75) is 44.7 Å². The summed E-state index contributed by atoms with van der Waals surface area (Å²) in [5, 5.41) is 11.5. The molecule has 2 saturated heterocycles. The minimum absolute atomic E-state index is 0.0956. The van der Waals surface area contributed by atoms with Crippen molar-refractivity contribution in [1.82, 2.24) is 20.4 Å². The molecule has 8 heteroatoms. The van der Waals surface area contributed by atoms with Crippen molar-refractivity contribution in [3.05, 3.63) is 75.5 Å². The van der Waals surface area contributed by atoms with Crippen molar-refractivity contribution in [2.75, 3.05) is 45.1 Å². The van der Waals surface area contributed by atoms with E-state index in [0.717, 1.165) is 49.7 Å². The number of piperidine rings is 1. The molecular formula is C28H37Cl2N5O. The first-order chi connectivity index (χ1) is 17.4. The molecule has 6 nitrogen and oxygen atoms in total. The molecule has 2 aliphatic rings. The number of likely N-dealkylation sites (N-methyl/N-ethyl adjacent to an activating group) is 1. The van der Waals surface area contributed by atoms with E-state index in [4.69, 9.17) is 23.2 Å². The third-order valence-corrected chi connectivity index (χ3v) is 7.71. The van der Waals surface area contributed by atoms with Gasteiger partial charge in [0.15, 0.2) is 0 Å². The van der Waals surface area contributed by atoms with E-state index in [-0.39, 0.29) is 5.91 Å². The predicted octanol–water partition coefficient (Wildman–Crippen LogP) is 5.00. The molecule has 2 aromatic carbocycles. The Labute approximate surface area is 225 Å². The van der Waals surface area contributed by atoms with Gasteiger partial charge < -0.3 is 25.8 Å². The zero-order chi connectivity index (χ0) is 25.5. The molecule has 3 N–H and O–H groups in total. The van der Waals surface area contributed by atoms with Crippen LogP contribution in [-0.2, 0) is 6.42 Å². The number of piperazine rings is 1. The van der Waals surface area contributed by atoms with Crippen LogP contribution in [0.25, 0.3) is 0 Å². The molecule has 4 rings (SSSR count). The lowest BCUT2D eigenvalue weighted by molar-refractivity contribution is 0.0954. The molecular weight excluding hydrogens is 493 g/mol. The van der Waals surface area contributed by atoms with Crippen LogP contribution in [0.2, 0.25) is 10.0 Å².